The van der Waals surface area contributed by atoms with Gasteiger partial charge in [-0.1, -0.05) is 29.8 Å². The Morgan fingerprint density at radius 3 is 2.52 bits per heavy atom. The van der Waals surface area contributed by atoms with Gasteiger partial charge in [-0.25, -0.2) is 12.7 Å². The van der Waals surface area contributed by atoms with Crippen LogP contribution in [0, 0.1) is 6.92 Å². The summed E-state index contributed by atoms with van der Waals surface area (Å²) in [7, 11) is -4.09. The lowest BCUT2D eigenvalue weighted by molar-refractivity contribution is -0.128. The minimum atomic E-state index is -4.09. The number of benzene rings is 2. The van der Waals surface area contributed by atoms with Crippen LogP contribution in [-0.4, -0.2) is 30.6 Å². The molecule has 0 saturated carbocycles. The van der Waals surface area contributed by atoms with Crippen molar-refractivity contribution < 1.29 is 18.0 Å². The molecule has 1 N–H and O–H groups in total. The van der Waals surface area contributed by atoms with Gasteiger partial charge in [-0.3, -0.25) is 9.59 Å². The van der Waals surface area contributed by atoms with E-state index < -0.39 is 27.9 Å². The van der Waals surface area contributed by atoms with Crippen LogP contribution in [0.5, 0.6) is 0 Å². The smallest absolute Gasteiger partial charge is 0.267 e. The van der Waals surface area contributed by atoms with Gasteiger partial charge in [0.2, 0.25) is 11.8 Å². The summed E-state index contributed by atoms with van der Waals surface area (Å²) in [5.74, 6) is -0.994. The van der Waals surface area contributed by atoms with E-state index in [1.54, 1.807) is 12.1 Å². The number of amides is 2. The topological polar surface area (TPSA) is 83.6 Å². The first-order valence-electron chi connectivity index (χ1n) is 9.93. The molecule has 0 spiro atoms. The summed E-state index contributed by atoms with van der Waals surface area (Å²) in [6.07, 6.45) is 4.29. The zero-order chi connectivity index (χ0) is 20.6. The van der Waals surface area contributed by atoms with Crippen molar-refractivity contribution in [3.8, 4) is 0 Å². The second-order valence-corrected chi connectivity index (χ2v) is 9.52. The number of carbonyl (C=O) groups excluding carboxylic acids is 2. The maximum atomic E-state index is 13.1. The van der Waals surface area contributed by atoms with Crippen molar-refractivity contribution >= 4 is 27.5 Å². The first-order chi connectivity index (χ1) is 13.9. The molecule has 2 amide bonds. The number of hydrogen-bond acceptors (Lipinski definition) is 4. The number of carbonyl (C=O) groups is 2. The molecule has 2 aliphatic rings. The van der Waals surface area contributed by atoms with Gasteiger partial charge >= 0.3 is 0 Å². The van der Waals surface area contributed by atoms with Gasteiger partial charge in [0, 0.05) is 12.1 Å². The molecule has 1 fully saturated rings. The summed E-state index contributed by atoms with van der Waals surface area (Å²) in [6, 6.07) is 11.1. The zero-order valence-electron chi connectivity index (χ0n) is 16.3. The Labute approximate surface area is 171 Å². The van der Waals surface area contributed by atoms with Gasteiger partial charge < -0.3 is 5.32 Å². The molecule has 6 nitrogen and oxygen atoms in total. The molecule has 2 aromatic carbocycles. The first kappa shape index (κ1) is 19.6. The number of nitrogens with one attached hydrogen (secondary N) is 1. The molecular weight excluding hydrogens is 388 g/mol. The molecule has 0 aromatic heterocycles. The van der Waals surface area contributed by atoms with Crippen molar-refractivity contribution in [3.63, 3.8) is 0 Å². The summed E-state index contributed by atoms with van der Waals surface area (Å²) in [5, 5.41) is 2.90. The van der Waals surface area contributed by atoms with Crippen molar-refractivity contribution in [2.75, 3.05) is 5.32 Å². The summed E-state index contributed by atoms with van der Waals surface area (Å²) in [4.78, 5) is 25.5. The van der Waals surface area contributed by atoms with E-state index in [9.17, 15) is 18.0 Å². The lowest BCUT2D eigenvalue weighted by Crippen LogP contribution is -2.45. The van der Waals surface area contributed by atoms with E-state index in [-0.39, 0.29) is 17.7 Å². The Kier molecular flexibility index (Phi) is 5.17. The van der Waals surface area contributed by atoms with E-state index in [0.717, 1.165) is 46.8 Å². The number of anilines is 1. The number of hydrogen-bond donors (Lipinski definition) is 1. The van der Waals surface area contributed by atoms with Crippen LogP contribution in [0.3, 0.4) is 0 Å². The van der Waals surface area contributed by atoms with Crippen LogP contribution in [0.4, 0.5) is 5.69 Å². The second-order valence-electron chi connectivity index (χ2n) is 7.70. The van der Waals surface area contributed by atoms with E-state index in [1.807, 2.05) is 19.1 Å². The quantitative estimate of drug-likeness (QED) is 0.836. The zero-order valence-corrected chi connectivity index (χ0v) is 17.2. The van der Waals surface area contributed by atoms with E-state index in [2.05, 4.69) is 11.4 Å². The van der Waals surface area contributed by atoms with Gasteiger partial charge in [0.25, 0.3) is 10.0 Å². The SMILES string of the molecule is Cc1ccc(S(=O)(=O)N2C(=O)CC[C@H]2C(=O)Nc2cccc3c2CCCC3)cc1. The molecule has 4 rings (SSSR count). The van der Waals surface area contributed by atoms with Crippen molar-refractivity contribution in [1.29, 1.82) is 0 Å². The van der Waals surface area contributed by atoms with Crippen molar-refractivity contribution in [1.82, 2.24) is 4.31 Å². The highest BCUT2D eigenvalue weighted by atomic mass is 32.2. The van der Waals surface area contributed by atoms with Gasteiger partial charge in [0.1, 0.15) is 6.04 Å². The molecule has 1 atom stereocenters. The third-order valence-corrected chi connectivity index (χ3v) is 7.54. The Balaban J connectivity index is 1.61. The largest absolute Gasteiger partial charge is 0.324 e. The highest BCUT2D eigenvalue weighted by molar-refractivity contribution is 7.89. The Hall–Kier alpha value is -2.67. The molecule has 1 heterocycles. The molecule has 1 saturated heterocycles. The average Bonchev–Trinajstić information content (AvgIpc) is 3.11. The fourth-order valence-corrected chi connectivity index (χ4v) is 5.74. The Morgan fingerprint density at radius 2 is 1.76 bits per heavy atom. The highest BCUT2D eigenvalue weighted by Gasteiger charge is 2.44. The predicted molar refractivity (Wildman–Crippen MR) is 110 cm³/mol. The van der Waals surface area contributed by atoms with Gasteiger partial charge in [-0.2, -0.15) is 0 Å². The van der Waals surface area contributed by atoms with Crippen LogP contribution in [-0.2, 0) is 32.5 Å². The number of rotatable bonds is 4. The maximum Gasteiger partial charge on any atom is 0.267 e. The van der Waals surface area contributed by atoms with Gasteiger partial charge in [-0.15, -0.1) is 0 Å². The van der Waals surface area contributed by atoms with E-state index in [0.29, 0.717) is 0 Å². The Bertz CT molecular complexity index is 1060. The maximum absolute atomic E-state index is 13.1. The van der Waals surface area contributed by atoms with E-state index >= 15 is 0 Å². The monoisotopic (exact) mass is 412 g/mol. The fraction of sp³-hybridized carbons (Fsp3) is 0.364. The third-order valence-electron chi connectivity index (χ3n) is 5.69. The van der Waals surface area contributed by atoms with Crippen LogP contribution in [0.1, 0.15) is 42.4 Å². The van der Waals surface area contributed by atoms with E-state index in [1.165, 1.54) is 17.7 Å². The lowest BCUT2D eigenvalue weighted by Gasteiger charge is -2.25. The number of aryl methyl sites for hydroxylation is 2. The molecule has 29 heavy (non-hydrogen) atoms. The Morgan fingerprint density at radius 1 is 1.03 bits per heavy atom. The van der Waals surface area contributed by atoms with Crippen molar-refractivity contribution in [2.45, 2.75) is 56.4 Å². The molecule has 0 unspecified atom stereocenters. The summed E-state index contributed by atoms with van der Waals surface area (Å²) in [6.45, 7) is 1.86. The predicted octanol–water partition coefficient (Wildman–Crippen LogP) is 3.19. The van der Waals surface area contributed by atoms with Crippen LogP contribution < -0.4 is 5.32 Å². The molecule has 152 valence electrons. The van der Waals surface area contributed by atoms with Crippen molar-refractivity contribution in [3.05, 3.63) is 59.2 Å². The van der Waals surface area contributed by atoms with Crippen LogP contribution >= 0.6 is 0 Å². The third kappa shape index (κ3) is 3.67. The molecule has 1 aliphatic heterocycles. The van der Waals surface area contributed by atoms with Crippen LogP contribution in [0.25, 0.3) is 0 Å². The van der Waals surface area contributed by atoms with Crippen LogP contribution in [0.2, 0.25) is 0 Å². The minimum absolute atomic E-state index is 0.0215. The molecule has 0 bridgehead atoms. The fourth-order valence-electron chi connectivity index (χ4n) is 4.14. The average molecular weight is 413 g/mol. The highest BCUT2D eigenvalue weighted by Crippen LogP contribution is 2.31. The van der Waals surface area contributed by atoms with Gasteiger partial charge in [0.05, 0.1) is 4.90 Å². The summed E-state index contributed by atoms with van der Waals surface area (Å²) >= 11 is 0. The molecule has 1 aliphatic carbocycles. The minimum Gasteiger partial charge on any atom is -0.324 e. The lowest BCUT2D eigenvalue weighted by atomic mass is 9.90. The molecule has 2 aromatic rings. The number of nitrogens with zero attached hydrogens (tertiary/aromatic N) is 1. The van der Waals surface area contributed by atoms with Crippen molar-refractivity contribution in [2.24, 2.45) is 0 Å². The van der Waals surface area contributed by atoms with Gasteiger partial charge in [0.15, 0.2) is 0 Å². The van der Waals surface area contributed by atoms with E-state index in [4.69, 9.17) is 0 Å². The first-order valence-corrected chi connectivity index (χ1v) is 11.4. The standard InChI is InChI=1S/C22H24N2O4S/c1-15-9-11-17(12-10-15)29(27,28)24-20(13-14-21(24)25)22(26)23-19-8-4-6-16-5-2-3-7-18(16)19/h4,6,8-12,20H,2-3,5,7,13-14H2,1H3,(H,23,26)/t20-/m0/s1. The number of fused-ring (bicyclic) bond motifs is 1. The number of sulfonamides is 1. The summed E-state index contributed by atoms with van der Waals surface area (Å²) in [5.41, 5.74) is 3.98. The molecule has 7 heteroatoms. The second kappa shape index (κ2) is 7.63. The molecular formula is C22H24N2O4S. The van der Waals surface area contributed by atoms with Crippen LogP contribution in [0.15, 0.2) is 47.4 Å². The summed E-state index contributed by atoms with van der Waals surface area (Å²) < 4.78 is 26.9. The molecule has 0 radical (unpaired) electrons. The normalized spacial score (nSPS) is 19.1. The van der Waals surface area contributed by atoms with Gasteiger partial charge in [-0.05, 0) is 68.4 Å².